The molecule has 0 amide bonds. The van der Waals surface area contributed by atoms with Crippen LogP contribution in [0, 0.1) is 5.92 Å². The van der Waals surface area contributed by atoms with Gasteiger partial charge in [-0.3, -0.25) is 9.88 Å². The monoisotopic (exact) mass is 257 g/mol. The number of aromatic nitrogens is 1. The zero-order valence-electron chi connectivity index (χ0n) is 11.8. The van der Waals surface area contributed by atoms with Crippen LogP contribution in [-0.2, 0) is 6.54 Å². The number of nitrogens with zero attached hydrogens (tertiary/aromatic N) is 2. The molecule has 102 valence electrons. The zero-order valence-corrected chi connectivity index (χ0v) is 11.8. The molecule has 1 atom stereocenters. The number of nitrogens with two attached hydrogens (primary N) is 1. The highest BCUT2D eigenvalue weighted by Crippen LogP contribution is 2.15. The summed E-state index contributed by atoms with van der Waals surface area (Å²) in [6.45, 7) is 8.23. The summed E-state index contributed by atoms with van der Waals surface area (Å²) in [4.78, 5) is 6.79. The molecule has 0 aliphatic heterocycles. The number of benzene rings is 1. The summed E-state index contributed by atoms with van der Waals surface area (Å²) in [5.74, 6) is 0.544. The van der Waals surface area contributed by atoms with Crippen LogP contribution in [0.5, 0.6) is 0 Å². The quantitative estimate of drug-likeness (QED) is 0.865. The first-order valence-electron chi connectivity index (χ1n) is 6.99. The van der Waals surface area contributed by atoms with Crippen LogP contribution in [0.1, 0.15) is 19.4 Å². The van der Waals surface area contributed by atoms with E-state index in [0.717, 1.165) is 31.7 Å². The SMILES string of the molecule is CCN(Cc1ccc2ncccc2c1)CC(C)CN. The minimum Gasteiger partial charge on any atom is -0.330 e. The fourth-order valence-corrected chi connectivity index (χ4v) is 2.30. The number of hydrogen-bond acceptors (Lipinski definition) is 3. The van der Waals surface area contributed by atoms with Crippen LogP contribution in [0.2, 0.25) is 0 Å². The van der Waals surface area contributed by atoms with E-state index < -0.39 is 0 Å². The number of hydrogen-bond donors (Lipinski definition) is 1. The summed E-state index contributed by atoms with van der Waals surface area (Å²) in [7, 11) is 0. The second kappa shape index (κ2) is 6.64. The smallest absolute Gasteiger partial charge is 0.0702 e. The molecule has 0 radical (unpaired) electrons. The summed E-state index contributed by atoms with van der Waals surface area (Å²) in [5, 5.41) is 1.21. The first-order valence-corrected chi connectivity index (χ1v) is 6.99. The Morgan fingerprint density at radius 1 is 1.32 bits per heavy atom. The molecule has 2 aromatic rings. The Morgan fingerprint density at radius 2 is 2.16 bits per heavy atom. The Hall–Kier alpha value is -1.45. The van der Waals surface area contributed by atoms with Gasteiger partial charge < -0.3 is 5.73 Å². The first-order chi connectivity index (χ1) is 9.22. The molecule has 1 heterocycles. The van der Waals surface area contributed by atoms with E-state index in [1.807, 2.05) is 12.3 Å². The van der Waals surface area contributed by atoms with E-state index in [9.17, 15) is 0 Å². The standard InChI is InChI=1S/C16H23N3/c1-3-19(11-13(2)10-17)12-14-6-7-16-15(9-14)5-4-8-18-16/h4-9,13H,3,10-12,17H2,1-2H3. The van der Waals surface area contributed by atoms with Crippen molar-refractivity contribution in [2.75, 3.05) is 19.6 Å². The molecule has 0 aliphatic carbocycles. The lowest BCUT2D eigenvalue weighted by atomic mass is 10.1. The van der Waals surface area contributed by atoms with E-state index in [1.165, 1.54) is 10.9 Å². The zero-order chi connectivity index (χ0) is 13.7. The Balaban J connectivity index is 2.10. The highest BCUT2D eigenvalue weighted by Gasteiger charge is 2.08. The molecule has 1 unspecified atom stereocenters. The lowest BCUT2D eigenvalue weighted by Gasteiger charge is -2.23. The molecule has 0 fully saturated rings. The van der Waals surface area contributed by atoms with Crippen LogP contribution in [0.25, 0.3) is 10.9 Å². The van der Waals surface area contributed by atoms with Crippen LogP contribution < -0.4 is 5.73 Å². The number of pyridine rings is 1. The predicted octanol–water partition coefficient (Wildman–Crippen LogP) is 2.65. The molecule has 2 rings (SSSR count). The third kappa shape index (κ3) is 3.75. The highest BCUT2D eigenvalue weighted by molar-refractivity contribution is 5.78. The van der Waals surface area contributed by atoms with Crippen LogP contribution in [0.15, 0.2) is 36.5 Å². The molecule has 0 saturated carbocycles. The molecule has 0 spiro atoms. The average molecular weight is 257 g/mol. The fourth-order valence-electron chi connectivity index (χ4n) is 2.30. The van der Waals surface area contributed by atoms with Crippen LogP contribution >= 0.6 is 0 Å². The minimum atomic E-state index is 0.544. The largest absolute Gasteiger partial charge is 0.330 e. The van der Waals surface area contributed by atoms with Gasteiger partial charge in [-0.15, -0.1) is 0 Å². The van der Waals surface area contributed by atoms with Gasteiger partial charge in [-0.05, 0) is 42.8 Å². The van der Waals surface area contributed by atoms with Gasteiger partial charge in [0.05, 0.1) is 5.52 Å². The highest BCUT2D eigenvalue weighted by atomic mass is 15.1. The lowest BCUT2D eigenvalue weighted by Crippen LogP contribution is -2.31. The van der Waals surface area contributed by atoms with Crippen LogP contribution in [0.4, 0.5) is 0 Å². The summed E-state index contributed by atoms with van der Waals surface area (Å²) in [6, 6.07) is 10.6. The molecule has 3 heteroatoms. The third-order valence-corrected chi connectivity index (χ3v) is 3.49. The molecule has 0 aliphatic rings. The molecule has 2 N–H and O–H groups in total. The molecule has 1 aromatic heterocycles. The van der Waals surface area contributed by atoms with Crippen molar-refractivity contribution in [3.8, 4) is 0 Å². The average Bonchev–Trinajstić information content (AvgIpc) is 2.46. The van der Waals surface area contributed by atoms with E-state index in [-0.39, 0.29) is 0 Å². The van der Waals surface area contributed by atoms with Crippen molar-refractivity contribution in [2.45, 2.75) is 20.4 Å². The minimum absolute atomic E-state index is 0.544. The van der Waals surface area contributed by atoms with Crippen molar-refractivity contribution in [2.24, 2.45) is 11.7 Å². The molecular formula is C16H23N3. The molecular weight excluding hydrogens is 234 g/mol. The number of rotatable bonds is 6. The maximum absolute atomic E-state index is 5.71. The molecule has 19 heavy (non-hydrogen) atoms. The van der Waals surface area contributed by atoms with E-state index >= 15 is 0 Å². The lowest BCUT2D eigenvalue weighted by molar-refractivity contribution is 0.243. The van der Waals surface area contributed by atoms with Crippen molar-refractivity contribution in [3.05, 3.63) is 42.1 Å². The summed E-state index contributed by atoms with van der Waals surface area (Å²) in [5.41, 5.74) is 8.11. The molecule has 0 saturated heterocycles. The van der Waals surface area contributed by atoms with Gasteiger partial charge in [0.25, 0.3) is 0 Å². The van der Waals surface area contributed by atoms with Gasteiger partial charge in [0.1, 0.15) is 0 Å². The van der Waals surface area contributed by atoms with Gasteiger partial charge in [-0.2, -0.15) is 0 Å². The van der Waals surface area contributed by atoms with Gasteiger partial charge >= 0.3 is 0 Å². The maximum atomic E-state index is 5.71. The van der Waals surface area contributed by atoms with Crippen molar-refractivity contribution in [1.29, 1.82) is 0 Å². The van der Waals surface area contributed by atoms with E-state index in [2.05, 4.69) is 48.0 Å². The van der Waals surface area contributed by atoms with Gasteiger partial charge in [0.15, 0.2) is 0 Å². The fraction of sp³-hybridized carbons (Fsp3) is 0.438. The topological polar surface area (TPSA) is 42.2 Å². The molecule has 0 bridgehead atoms. The normalized spacial score (nSPS) is 13.1. The van der Waals surface area contributed by atoms with Crippen molar-refractivity contribution in [3.63, 3.8) is 0 Å². The van der Waals surface area contributed by atoms with E-state index in [0.29, 0.717) is 5.92 Å². The van der Waals surface area contributed by atoms with Gasteiger partial charge in [0.2, 0.25) is 0 Å². The predicted molar refractivity (Wildman–Crippen MR) is 80.9 cm³/mol. The number of fused-ring (bicyclic) bond motifs is 1. The van der Waals surface area contributed by atoms with E-state index in [4.69, 9.17) is 5.73 Å². The first kappa shape index (κ1) is 14.0. The summed E-state index contributed by atoms with van der Waals surface area (Å²) >= 11 is 0. The summed E-state index contributed by atoms with van der Waals surface area (Å²) in [6.07, 6.45) is 1.84. The molecule has 3 nitrogen and oxygen atoms in total. The Kier molecular flexibility index (Phi) is 4.88. The third-order valence-electron chi connectivity index (χ3n) is 3.49. The summed E-state index contributed by atoms with van der Waals surface area (Å²) < 4.78 is 0. The van der Waals surface area contributed by atoms with Crippen LogP contribution in [0.3, 0.4) is 0 Å². The Morgan fingerprint density at radius 3 is 2.89 bits per heavy atom. The second-order valence-corrected chi connectivity index (χ2v) is 5.20. The van der Waals surface area contributed by atoms with Crippen molar-refractivity contribution in [1.82, 2.24) is 9.88 Å². The Labute approximate surface area is 115 Å². The van der Waals surface area contributed by atoms with Crippen LogP contribution in [-0.4, -0.2) is 29.5 Å². The van der Waals surface area contributed by atoms with Crippen molar-refractivity contribution < 1.29 is 0 Å². The molecule has 1 aromatic carbocycles. The van der Waals surface area contributed by atoms with Gasteiger partial charge in [-0.1, -0.05) is 26.0 Å². The van der Waals surface area contributed by atoms with Crippen molar-refractivity contribution >= 4 is 10.9 Å². The van der Waals surface area contributed by atoms with Gasteiger partial charge in [0, 0.05) is 24.7 Å². The maximum Gasteiger partial charge on any atom is 0.0702 e. The Bertz CT molecular complexity index is 524. The van der Waals surface area contributed by atoms with E-state index in [1.54, 1.807) is 0 Å². The van der Waals surface area contributed by atoms with Gasteiger partial charge in [-0.25, -0.2) is 0 Å². The second-order valence-electron chi connectivity index (χ2n) is 5.20.